The summed E-state index contributed by atoms with van der Waals surface area (Å²) >= 11 is 0. The molecule has 0 aliphatic carbocycles. The number of rotatable bonds is 5. The highest BCUT2D eigenvalue weighted by atomic mass is 16.2. The Hall–Kier alpha value is -3.02. The number of benzene rings is 2. The van der Waals surface area contributed by atoms with E-state index < -0.39 is 0 Å². The predicted octanol–water partition coefficient (Wildman–Crippen LogP) is 4.13. The van der Waals surface area contributed by atoms with Crippen molar-refractivity contribution in [3.8, 4) is 0 Å². The molecule has 164 valence electrons. The van der Waals surface area contributed by atoms with E-state index in [-0.39, 0.29) is 18.0 Å². The van der Waals surface area contributed by atoms with Crippen LogP contribution in [0.25, 0.3) is 0 Å². The molecule has 2 aliphatic rings. The van der Waals surface area contributed by atoms with Crippen molar-refractivity contribution in [1.82, 2.24) is 10.2 Å². The highest BCUT2D eigenvalue weighted by Crippen LogP contribution is 2.30. The molecule has 0 unspecified atom stereocenters. The number of likely N-dealkylation sites (tertiary alicyclic amines) is 1. The lowest BCUT2D eigenvalue weighted by Gasteiger charge is -2.34. The van der Waals surface area contributed by atoms with Gasteiger partial charge in [0.2, 0.25) is 0 Å². The number of para-hydroxylation sites is 1. The molecular weight excluding hydrogens is 388 g/mol. The van der Waals surface area contributed by atoms with Gasteiger partial charge in [0.25, 0.3) is 5.91 Å². The van der Waals surface area contributed by atoms with E-state index in [2.05, 4.69) is 39.8 Å². The second-order valence-corrected chi connectivity index (χ2v) is 8.89. The first kappa shape index (κ1) is 21.2. The van der Waals surface area contributed by atoms with Crippen LogP contribution in [0.15, 0.2) is 48.5 Å². The van der Waals surface area contributed by atoms with Crippen LogP contribution in [-0.2, 0) is 6.42 Å². The first-order chi connectivity index (χ1) is 15.0. The van der Waals surface area contributed by atoms with Crippen molar-refractivity contribution in [3.05, 3.63) is 59.7 Å². The van der Waals surface area contributed by atoms with E-state index in [4.69, 9.17) is 0 Å². The van der Waals surface area contributed by atoms with Crippen LogP contribution in [0, 0.1) is 5.92 Å². The number of urea groups is 1. The highest BCUT2D eigenvalue weighted by Gasteiger charge is 2.27. The van der Waals surface area contributed by atoms with E-state index in [0.717, 1.165) is 45.4 Å². The second-order valence-electron chi connectivity index (χ2n) is 8.89. The van der Waals surface area contributed by atoms with Crippen LogP contribution in [0.4, 0.5) is 16.2 Å². The Balaban J connectivity index is 1.30. The predicted molar refractivity (Wildman–Crippen MR) is 125 cm³/mol. The zero-order valence-electron chi connectivity index (χ0n) is 18.4. The molecule has 0 saturated carbocycles. The summed E-state index contributed by atoms with van der Waals surface area (Å²) in [6.07, 6.45) is 3.19. The maximum absolute atomic E-state index is 13.0. The number of amides is 3. The number of fused-ring (bicyclic) bond motifs is 1. The van der Waals surface area contributed by atoms with Crippen molar-refractivity contribution < 1.29 is 9.59 Å². The van der Waals surface area contributed by atoms with Crippen molar-refractivity contribution in [1.29, 1.82) is 0 Å². The van der Waals surface area contributed by atoms with Crippen LogP contribution >= 0.6 is 0 Å². The molecule has 2 aliphatic heterocycles. The van der Waals surface area contributed by atoms with Gasteiger partial charge in [-0.15, -0.1) is 0 Å². The number of piperidine rings is 1. The topological polar surface area (TPSA) is 64.7 Å². The Kier molecular flexibility index (Phi) is 6.44. The molecule has 6 heteroatoms. The summed E-state index contributed by atoms with van der Waals surface area (Å²) in [6.45, 7) is 7.55. The third-order valence-corrected chi connectivity index (χ3v) is 6.15. The third kappa shape index (κ3) is 5.19. The molecule has 1 saturated heterocycles. The average molecular weight is 421 g/mol. The molecule has 3 amide bonds. The monoisotopic (exact) mass is 420 g/mol. The van der Waals surface area contributed by atoms with Crippen molar-refractivity contribution in [2.24, 2.45) is 5.92 Å². The van der Waals surface area contributed by atoms with Crippen molar-refractivity contribution >= 4 is 23.3 Å². The number of hydrogen-bond acceptors (Lipinski definition) is 3. The molecular formula is C25H32N4O2. The van der Waals surface area contributed by atoms with Gasteiger partial charge in [-0.1, -0.05) is 24.3 Å². The number of anilines is 2. The summed E-state index contributed by atoms with van der Waals surface area (Å²) in [7, 11) is 0. The molecule has 0 aromatic heterocycles. The number of carbonyl (C=O) groups is 2. The quantitative estimate of drug-likeness (QED) is 0.764. The highest BCUT2D eigenvalue weighted by molar-refractivity contribution is 5.97. The Labute approximate surface area is 184 Å². The number of nitrogens with zero attached hydrogens (tertiary/aromatic N) is 2. The fourth-order valence-corrected chi connectivity index (χ4v) is 4.57. The number of nitrogens with one attached hydrogen (secondary N) is 2. The van der Waals surface area contributed by atoms with Gasteiger partial charge >= 0.3 is 6.03 Å². The maximum Gasteiger partial charge on any atom is 0.319 e. The summed E-state index contributed by atoms with van der Waals surface area (Å²) < 4.78 is 0. The van der Waals surface area contributed by atoms with Gasteiger partial charge < -0.3 is 20.4 Å². The smallest absolute Gasteiger partial charge is 0.319 e. The Bertz CT molecular complexity index is 935. The molecule has 0 spiro atoms. The zero-order chi connectivity index (χ0) is 21.8. The fourth-order valence-electron chi connectivity index (χ4n) is 4.57. The molecule has 1 fully saturated rings. The summed E-state index contributed by atoms with van der Waals surface area (Å²) in [5.41, 5.74) is 4.08. The van der Waals surface area contributed by atoms with Crippen molar-refractivity contribution in [2.45, 2.75) is 39.2 Å². The lowest BCUT2D eigenvalue weighted by Crippen LogP contribution is -2.41. The van der Waals surface area contributed by atoms with Crippen LogP contribution in [-0.4, -0.2) is 49.1 Å². The summed E-state index contributed by atoms with van der Waals surface area (Å²) in [5, 5.41) is 5.60. The first-order valence-electron chi connectivity index (χ1n) is 11.3. The van der Waals surface area contributed by atoms with Gasteiger partial charge in [-0.3, -0.25) is 4.79 Å². The maximum atomic E-state index is 13.0. The molecule has 6 nitrogen and oxygen atoms in total. The van der Waals surface area contributed by atoms with E-state index in [1.807, 2.05) is 30.9 Å². The van der Waals surface area contributed by atoms with E-state index >= 15 is 0 Å². The lowest BCUT2D eigenvalue weighted by atomic mass is 9.95. The first-order valence-corrected chi connectivity index (χ1v) is 11.3. The second kappa shape index (κ2) is 9.41. The minimum Gasteiger partial charge on any atom is -0.371 e. The van der Waals surface area contributed by atoms with E-state index in [0.29, 0.717) is 17.2 Å². The Morgan fingerprint density at radius 3 is 2.58 bits per heavy atom. The largest absolute Gasteiger partial charge is 0.371 e. The van der Waals surface area contributed by atoms with Gasteiger partial charge in [0.05, 0.1) is 0 Å². The van der Waals surface area contributed by atoms with Crippen LogP contribution < -0.4 is 15.5 Å². The van der Waals surface area contributed by atoms with Crippen LogP contribution in [0.2, 0.25) is 0 Å². The molecule has 4 rings (SSSR count). The van der Waals surface area contributed by atoms with Gasteiger partial charge in [0.15, 0.2) is 0 Å². The molecule has 2 aromatic rings. The van der Waals surface area contributed by atoms with Crippen LogP contribution in [0.1, 0.15) is 42.6 Å². The fraction of sp³-hybridized carbons (Fsp3) is 0.440. The van der Waals surface area contributed by atoms with Crippen molar-refractivity contribution in [2.75, 3.05) is 36.4 Å². The molecule has 31 heavy (non-hydrogen) atoms. The standard InChI is InChI=1S/C25H32N4O2/c1-18(2)26-25(31)27-22-8-5-7-21(16-22)24(30)28-13-10-19(11-14-28)17-29-15-12-20-6-3-4-9-23(20)29/h3-9,16,18-19H,10-15,17H2,1-2H3,(H2,26,27,31). The van der Waals surface area contributed by atoms with E-state index in [1.165, 1.54) is 11.3 Å². The molecule has 0 bridgehead atoms. The Morgan fingerprint density at radius 1 is 1.03 bits per heavy atom. The minimum atomic E-state index is -0.260. The molecule has 0 atom stereocenters. The van der Waals surface area contributed by atoms with Gasteiger partial charge in [-0.25, -0.2) is 4.79 Å². The molecule has 0 radical (unpaired) electrons. The van der Waals surface area contributed by atoms with Gasteiger partial charge in [-0.2, -0.15) is 0 Å². The van der Waals surface area contributed by atoms with Crippen molar-refractivity contribution in [3.63, 3.8) is 0 Å². The minimum absolute atomic E-state index is 0.0397. The Morgan fingerprint density at radius 2 is 1.81 bits per heavy atom. The van der Waals surface area contributed by atoms with E-state index in [1.54, 1.807) is 12.1 Å². The average Bonchev–Trinajstić information content (AvgIpc) is 3.16. The number of carbonyl (C=O) groups excluding carboxylic acids is 2. The van der Waals surface area contributed by atoms with Crippen LogP contribution in [0.3, 0.4) is 0 Å². The SMILES string of the molecule is CC(C)NC(=O)Nc1cccc(C(=O)N2CCC(CN3CCc4ccccc43)CC2)c1. The van der Waals surface area contributed by atoms with Gasteiger partial charge in [0, 0.05) is 49.2 Å². The summed E-state index contributed by atoms with van der Waals surface area (Å²) in [6, 6.07) is 15.7. The molecule has 2 N–H and O–H groups in total. The third-order valence-electron chi connectivity index (χ3n) is 6.15. The summed E-state index contributed by atoms with van der Waals surface area (Å²) in [4.78, 5) is 29.4. The van der Waals surface area contributed by atoms with Gasteiger partial charge in [-0.05, 0) is 68.9 Å². The van der Waals surface area contributed by atoms with E-state index in [9.17, 15) is 9.59 Å². The molecule has 2 aromatic carbocycles. The van der Waals surface area contributed by atoms with Gasteiger partial charge in [0.1, 0.15) is 0 Å². The summed E-state index contributed by atoms with van der Waals surface area (Å²) in [5.74, 6) is 0.654. The number of hydrogen-bond donors (Lipinski definition) is 2. The van der Waals surface area contributed by atoms with Crippen LogP contribution in [0.5, 0.6) is 0 Å². The normalized spacial score (nSPS) is 16.4. The zero-order valence-corrected chi connectivity index (χ0v) is 18.4. The molecule has 2 heterocycles. The lowest BCUT2D eigenvalue weighted by molar-refractivity contribution is 0.0693.